The van der Waals surface area contributed by atoms with Crippen LogP contribution in [-0.4, -0.2) is 0 Å². The Morgan fingerprint density at radius 2 is 2.07 bits per heavy atom. The fourth-order valence-corrected chi connectivity index (χ4v) is 3.33. The number of fused-ring (bicyclic) bond motifs is 1. The Hall–Kier alpha value is -0.520. The Balaban J connectivity index is 2.28. The lowest BCUT2D eigenvalue weighted by Gasteiger charge is -2.45. The van der Waals surface area contributed by atoms with Crippen LogP contribution in [0.4, 0.5) is 0 Å². The second kappa shape index (κ2) is 3.81. The van der Waals surface area contributed by atoms with Crippen LogP contribution >= 0.6 is 0 Å². The van der Waals surface area contributed by atoms with Gasteiger partial charge in [0.1, 0.15) is 0 Å². The fourth-order valence-electron chi connectivity index (χ4n) is 3.33. The molecule has 0 saturated heterocycles. The summed E-state index contributed by atoms with van der Waals surface area (Å²) < 4.78 is 0. The Morgan fingerprint density at radius 3 is 2.73 bits per heavy atom. The van der Waals surface area contributed by atoms with E-state index in [1.807, 2.05) is 0 Å². The maximum atomic E-state index is 4.29. The highest BCUT2D eigenvalue weighted by atomic mass is 14.4. The van der Waals surface area contributed by atoms with Gasteiger partial charge in [-0.05, 0) is 43.4 Å². The van der Waals surface area contributed by atoms with Crippen molar-refractivity contribution in [3.8, 4) is 0 Å². The van der Waals surface area contributed by atoms with Gasteiger partial charge in [0.05, 0.1) is 0 Å². The number of allylic oxidation sites excluding steroid dienone is 3. The fraction of sp³-hybridized carbons (Fsp3) is 0.733. The van der Waals surface area contributed by atoms with Gasteiger partial charge in [0.15, 0.2) is 0 Å². The van der Waals surface area contributed by atoms with Gasteiger partial charge in [-0.3, -0.25) is 0 Å². The molecule has 1 fully saturated rings. The van der Waals surface area contributed by atoms with Gasteiger partial charge in [-0.15, -0.1) is 0 Å². The summed E-state index contributed by atoms with van der Waals surface area (Å²) in [6, 6.07) is 0. The van der Waals surface area contributed by atoms with Crippen molar-refractivity contribution in [1.82, 2.24) is 0 Å². The molecule has 0 N–H and O–H groups in total. The molecule has 0 aromatic carbocycles. The molecule has 2 atom stereocenters. The average Bonchev–Trinajstić information content (AvgIpc) is 2.17. The Labute approximate surface area is 94.5 Å². The predicted molar refractivity (Wildman–Crippen MR) is 66.7 cm³/mol. The van der Waals surface area contributed by atoms with Crippen LogP contribution in [0.3, 0.4) is 0 Å². The zero-order valence-corrected chi connectivity index (χ0v) is 10.5. The summed E-state index contributed by atoms with van der Waals surface area (Å²) in [6.45, 7) is 11.4. The summed E-state index contributed by atoms with van der Waals surface area (Å²) >= 11 is 0. The Bertz CT molecular complexity index is 295. The van der Waals surface area contributed by atoms with Crippen LogP contribution in [0.15, 0.2) is 23.8 Å². The van der Waals surface area contributed by atoms with Crippen LogP contribution in [0.5, 0.6) is 0 Å². The summed E-state index contributed by atoms with van der Waals surface area (Å²) in [5.41, 5.74) is 3.69. The lowest BCUT2D eigenvalue weighted by Crippen LogP contribution is -2.34. The molecule has 0 nitrogen and oxygen atoms in total. The first-order valence-electron chi connectivity index (χ1n) is 6.41. The first-order valence-corrected chi connectivity index (χ1v) is 6.41. The van der Waals surface area contributed by atoms with Gasteiger partial charge in [0.2, 0.25) is 0 Å². The van der Waals surface area contributed by atoms with Gasteiger partial charge in [-0.25, -0.2) is 0 Å². The summed E-state index contributed by atoms with van der Waals surface area (Å²) in [5.74, 6) is 1.40. The molecule has 0 radical (unpaired) electrons. The van der Waals surface area contributed by atoms with E-state index in [1.54, 1.807) is 5.57 Å². The zero-order valence-electron chi connectivity index (χ0n) is 10.5. The molecule has 2 rings (SSSR count). The van der Waals surface area contributed by atoms with Crippen molar-refractivity contribution < 1.29 is 0 Å². The van der Waals surface area contributed by atoms with E-state index in [1.165, 1.54) is 37.7 Å². The van der Waals surface area contributed by atoms with Gasteiger partial charge in [-0.1, -0.05) is 44.6 Å². The largest absolute Gasteiger partial charge is 0.0992 e. The van der Waals surface area contributed by atoms with E-state index in [2.05, 4.69) is 33.4 Å². The van der Waals surface area contributed by atoms with Crippen molar-refractivity contribution in [3.05, 3.63) is 23.8 Å². The molecule has 2 aliphatic carbocycles. The monoisotopic (exact) mass is 204 g/mol. The van der Waals surface area contributed by atoms with Crippen molar-refractivity contribution in [2.45, 2.75) is 52.9 Å². The van der Waals surface area contributed by atoms with Crippen LogP contribution in [-0.2, 0) is 0 Å². The standard InChI is InChI=1S/C15H24/c1-11(2)13-7-9-15(4)8-5-6-12(3)14(15)10-13/h10-11,14H,3,5-9H2,1-2,4H3/t14-,15+/m1/s1. The molecule has 0 amide bonds. The van der Waals surface area contributed by atoms with E-state index in [4.69, 9.17) is 0 Å². The maximum absolute atomic E-state index is 4.29. The molecule has 15 heavy (non-hydrogen) atoms. The highest BCUT2D eigenvalue weighted by molar-refractivity contribution is 5.25. The molecule has 2 aliphatic rings. The molecule has 84 valence electrons. The third kappa shape index (κ3) is 1.91. The second-order valence-corrected chi connectivity index (χ2v) is 6.04. The number of hydrogen-bond donors (Lipinski definition) is 0. The number of hydrogen-bond acceptors (Lipinski definition) is 0. The van der Waals surface area contributed by atoms with Crippen molar-refractivity contribution >= 4 is 0 Å². The van der Waals surface area contributed by atoms with E-state index in [0.717, 1.165) is 5.92 Å². The van der Waals surface area contributed by atoms with E-state index in [0.29, 0.717) is 11.3 Å². The summed E-state index contributed by atoms with van der Waals surface area (Å²) in [5, 5.41) is 0. The van der Waals surface area contributed by atoms with Crippen molar-refractivity contribution in [2.75, 3.05) is 0 Å². The van der Waals surface area contributed by atoms with Gasteiger partial charge >= 0.3 is 0 Å². The highest BCUT2D eigenvalue weighted by Gasteiger charge is 2.39. The third-order valence-electron chi connectivity index (χ3n) is 4.54. The van der Waals surface area contributed by atoms with Crippen LogP contribution in [0.1, 0.15) is 52.9 Å². The summed E-state index contributed by atoms with van der Waals surface area (Å²) in [6.07, 6.45) is 9.26. The van der Waals surface area contributed by atoms with Gasteiger partial charge < -0.3 is 0 Å². The third-order valence-corrected chi connectivity index (χ3v) is 4.54. The molecular formula is C15H24. The molecular weight excluding hydrogens is 180 g/mol. The van der Waals surface area contributed by atoms with Crippen LogP contribution in [0, 0.1) is 17.3 Å². The molecule has 0 aromatic heterocycles. The average molecular weight is 204 g/mol. The minimum Gasteiger partial charge on any atom is -0.0992 e. The first kappa shape index (κ1) is 11.0. The minimum atomic E-state index is 0.535. The Morgan fingerprint density at radius 1 is 1.33 bits per heavy atom. The predicted octanol–water partition coefficient (Wildman–Crippen LogP) is 4.73. The second-order valence-electron chi connectivity index (χ2n) is 6.04. The molecule has 0 spiro atoms. The minimum absolute atomic E-state index is 0.535. The van der Waals surface area contributed by atoms with Gasteiger partial charge in [-0.2, -0.15) is 0 Å². The lowest BCUT2D eigenvalue weighted by molar-refractivity contribution is 0.168. The smallest absolute Gasteiger partial charge is 0.00308 e. The molecule has 0 heterocycles. The molecule has 1 saturated carbocycles. The molecule has 0 bridgehead atoms. The summed E-state index contributed by atoms with van der Waals surface area (Å²) in [4.78, 5) is 0. The van der Waals surface area contributed by atoms with E-state index >= 15 is 0 Å². The zero-order chi connectivity index (χ0) is 11.1. The van der Waals surface area contributed by atoms with E-state index in [9.17, 15) is 0 Å². The van der Waals surface area contributed by atoms with Gasteiger partial charge in [0.25, 0.3) is 0 Å². The van der Waals surface area contributed by atoms with Crippen LogP contribution < -0.4 is 0 Å². The van der Waals surface area contributed by atoms with Crippen molar-refractivity contribution in [2.24, 2.45) is 17.3 Å². The topological polar surface area (TPSA) is 0 Å². The molecule has 0 unspecified atom stereocenters. The lowest BCUT2D eigenvalue weighted by atomic mass is 9.59. The maximum Gasteiger partial charge on any atom is 0.00308 e. The molecule has 0 aromatic rings. The number of rotatable bonds is 1. The Kier molecular flexibility index (Phi) is 2.79. The van der Waals surface area contributed by atoms with Gasteiger partial charge in [0, 0.05) is 5.92 Å². The summed E-state index contributed by atoms with van der Waals surface area (Å²) in [7, 11) is 0. The first-order chi connectivity index (χ1) is 7.03. The SMILES string of the molecule is C=C1CCC[C@@]2(C)CCC(C(C)C)=C[C@H]12. The quantitative estimate of drug-likeness (QED) is 0.542. The van der Waals surface area contributed by atoms with Crippen LogP contribution in [0.2, 0.25) is 0 Å². The van der Waals surface area contributed by atoms with Crippen molar-refractivity contribution in [3.63, 3.8) is 0 Å². The van der Waals surface area contributed by atoms with E-state index < -0.39 is 0 Å². The van der Waals surface area contributed by atoms with E-state index in [-0.39, 0.29) is 0 Å². The molecule has 0 aliphatic heterocycles. The highest BCUT2D eigenvalue weighted by Crippen LogP contribution is 2.51. The van der Waals surface area contributed by atoms with Crippen molar-refractivity contribution in [1.29, 1.82) is 0 Å². The van der Waals surface area contributed by atoms with Crippen LogP contribution in [0.25, 0.3) is 0 Å². The molecule has 0 heteroatoms. The normalized spacial score (nSPS) is 36.4.